The highest BCUT2D eigenvalue weighted by Crippen LogP contribution is 2.16. The van der Waals surface area contributed by atoms with Crippen LogP contribution in [0.3, 0.4) is 0 Å². The zero-order chi connectivity index (χ0) is 18.8. The Hall–Kier alpha value is -2.80. The number of anilines is 1. The number of amides is 1. The molecule has 0 saturated carbocycles. The zero-order valence-electron chi connectivity index (χ0n) is 14.7. The van der Waals surface area contributed by atoms with E-state index in [4.69, 9.17) is 16.3 Å². The Morgan fingerprint density at radius 2 is 2.04 bits per heavy atom. The van der Waals surface area contributed by atoms with Crippen molar-refractivity contribution in [2.45, 2.75) is 13.0 Å². The number of benzene rings is 1. The summed E-state index contributed by atoms with van der Waals surface area (Å²) in [6, 6.07) is 10.7. The van der Waals surface area contributed by atoms with Gasteiger partial charge in [-0.2, -0.15) is 0 Å². The summed E-state index contributed by atoms with van der Waals surface area (Å²) < 4.78 is 5.78. The molecule has 1 atom stereocenters. The molecule has 0 radical (unpaired) electrons. The van der Waals surface area contributed by atoms with Crippen molar-refractivity contribution in [2.24, 2.45) is 4.99 Å². The molecule has 26 heavy (non-hydrogen) atoms. The molecule has 1 aromatic heterocycles. The van der Waals surface area contributed by atoms with Crippen molar-refractivity contribution in [3.63, 3.8) is 0 Å². The second kappa shape index (κ2) is 10.2. The first-order valence-electron chi connectivity index (χ1n) is 8.13. The number of carbonyl (C=O) groups excluding carboxylic acids is 1. The molecule has 0 spiro atoms. The summed E-state index contributed by atoms with van der Waals surface area (Å²) in [6.45, 7) is 2.54. The van der Waals surface area contributed by atoms with E-state index in [-0.39, 0.29) is 18.6 Å². The van der Waals surface area contributed by atoms with Gasteiger partial charge in [-0.15, -0.1) is 0 Å². The van der Waals surface area contributed by atoms with Crippen LogP contribution in [-0.2, 0) is 4.79 Å². The van der Waals surface area contributed by atoms with Crippen LogP contribution in [-0.4, -0.2) is 43.1 Å². The Morgan fingerprint density at radius 3 is 2.69 bits per heavy atom. The fourth-order valence-electron chi connectivity index (χ4n) is 2.05. The van der Waals surface area contributed by atoms with E-state index in [1.165, 1.54) is 0 Å². The number of halogens is 1. The van der Waals surface area contributed by atoms with Gasteiger partial charge in [-0.3, -0.25) is 14.8 Å². The van der Waals surface area contributed by atoms with Gasteiger partial charge in [0.25, 0.3) is 0 Å². The van der Waals surface area contributed by atoms with E-state index in [0.717, 1.165) is 5.75 Å². The molecule has 0 aliphatic rings. The first-order valence-corrected chi connectivity index (χ1v) is 8.51. The molecular weight excluding hydrogens is 354 g/mol. The fraction of sp³-hybridized carbons (Fsp3) is 0.278. The number of carbonyl (C=O) groups is 1. The number of hydrogen-bond acceptors (Lipinski definition) is 4. The third-order valence-electron chi connectivity index (χ3n) is 3.29. The van der Waals surface area contributed by atoms with Crippen molar-refractivity contribution in [3.8, 4) is 5.75 Å². The van der Waals surface area contributed by atoms with Crippen molar-refractivity contribution in [2.75, 3.05) is 25.5 Å². The minimum Gasteiger partial charge on any atom is -0.489 e. The van der Waals surface area contributed by atoms with Gasteiger partial charge in [0.05, 0.1) is 25.0 Å². The molecule has 0 saturated heterocycles. The van der Waals surface area contributed by atoms with Crippen LogP contribution in [0.15, 0.2) is 53.8 Å². The number of guanidine groups is 1. The molecule has 0 fully saturated rings. The van der Waals surface area contributed by atoms with E-state index in [0.29, 0.717) is 23.2 Å². The Labute approximate surface area is 157 Å². The second-order valence-corrected chi connectivity index (χ2v) is 5.92. The zero-order valence-corrected chi connectivity index (χ0v) is 15.5. The number of nitrogens with one attached hydrogen (secondary N) is 3. The Morgan fingerprint density at radius 1 is 1.27 bits per heavy atom. The largest absolute Gasteiger partial charge is 0.489 e. The number of rotatable bonds is 7. The van der Waals surface area contributed by atoms with Crippen LogP contribution in [0, 0.1) is 0 Å². The van der Waals surface area contributed by atoms with Crippen molar-refractivity contribution in [3.05, 3.63) is 53.8 Å². The highest BCUT2D eigenvalue weighted by Gasteiger charge is 2.08. The molecular formula is C18H22ClN5O2. The Bertz CT molecular complexity index is 722. The topological polar surface area (TPSA) is 87.6 Å². The van der Waals surface area contributed by atoms with Crippen molar-refractivity contribution >= 4 is 29.2 Å². The molecule has 1 aromatic carbocycles. The quantitative estimate of drug-likeness (QED) is 0.510. The summed E-state index contributed by atoms with van der Waals surface area (Å²) in [6.07, 6.45) is 3.13. The molecule has 2 rings (SSSR count). The van der Waals surface area contributed by atoms with Crippen molar-refractivity contribution in [1.29, 1.82) is 0 Å². The lowest BCUT2D eigenvalue weighted by atomic mass is 10.3. The van der Waals surface area contributed by atoms with Crippen LogP contribution in [0.1, 0.15) is 6.92 Å². The average Bonchev–Trinajstić information content (AvgIpc) is 2.64. The lowest BCUT2D eigenvalue weighted by Crippen LogP contribution is -2.44. The van der Waals surface area contributed by atoms with E-state index in [1.807, 2.05) is 19.1 Å². The maximum Gasteiger partial charge on any atom is 0.243 e. The van der Waals surface area contributed by atoms with Crippen LogP contribution >= 0.6 is 11.6 Å². The molecule has 0 aliphatic heterocycles. The van der Waals surface area contributed by atoms with E-state index < -0.39 is 0 Å². The van der Waals surface area contributed by atoms with Gasteiger partial charge >= 0.3 is 0 Å². The van der Waals surface area contributed by atoms with E-state index in [2.05, 4.69) is 25.9 Å². The van der Waals surface area contributed by atoms with Crippen LogP contribution < -0.4 is 20.7 Å². The van der Waals surface area contributed by atoms with Gasteiger partial charge in [0.15, 0.2) is 5.96 Å². The Balaban J connectivity index is 1.71. The molecule has 2 aromatic rings. The van der Waals surface area contributed by atoms with E-state index >= 15 is 0 Å². The van der Waals surface area contributed by atoms with Crippen LogP contribution in [0.25, 0.3) is 0 Å². The van der Waals surface area contributed by atoms with Gasteiger partial charge in [0.1, 0.15) is 11.9 Å². The SMILES string of the molecule is CN=C(NCC(=O)Nc1cccnc1)NCC(C)Oc1ccc(Cl)cc1. The Kier molecular flexibility index (Phi) is 7.70. The van der Waals surface area contributed by atoms with E-state index in [9.17, 15) is 4.79 Å². The molecule has 8 heteroatoms. The fourth-order valence-corrected chi connectivity index (χ4v) is 2.18. The standard InChI is InChI=1S/C18H22ClN5O2/c1-13(26-16-7-5-14(19)6-8-16)10-22-18(20-2)23-12-17(25)24-15-4-3-9-21-11-15/h3-9,11,13H,10,12H2,1-2H3,(H,24,25)(H2,20,22,23). The third-order valence-corrected chi connectivity index (χ3v) is 3.55. The summed E-state index contributed by atoms with van der Waals surface area (Å²) in [5, 5.41) is 9.47. The average molecular weight is 376 g/mol. The van der Waals surface area contributed by atoms with E-state index in [1.54, 1.807) is 43.7 Å². The van der Waals surface area contributed by atoms with Gasteiger partial charge in [0.2, 0.25) is 5.91 Å². The molecule has 3 N–H and O–H groups in total. The summed E-state index contributed by atoms with van der Waals surface area (Å²) in [5.41, 5.74) is 0.646. The maximum atomic E-state index is 11.9. The molecule has 7 nitrogen and oxygen atoms in total. The smallest absolute Gasteiger partial charge is 0.243 e. The monoisotopic (exact) mass is 375 g/mol. The third kappa shape index (κ3) is 6.98. The number of aliphatic imine (C=N–C) groups is 1. The number of aromatic nitrogens is 1. The lowest BCUT2D eigenvalue weighted by Gasteiger charge is -2.17. The summed E-state index contributed by atoms with van der Waals surface area (Å²) in [4.78, 5) is 20.0. The van der Waals surface area contributed by atoms with Crippen LogP contribution in [0.2, 0.25) is 5.02 Å². The summed E-state index contributed by atoms with van der Waals surface area (Å²) in [7, 11) is 1.64. The van der Waals surface area contributed by atoms with Gasteiger partial charge in [-0.25, -0.2) is 0 Å². The molecule has 1 heterocycles. The van der Waals surface area contributed by atoms with Gasteiger partial charge in [0, 0.05) is 18.3 Å². The number of nitrogens with zero attached hydrogens (tertiary/aromatic N) is 2. The first kappa shape index (κ1) is 19.5. The normalized spacial score (nSPS) is 12.2. The molecule has 0 aliphatic carbocycles. The van der Waals surface area contributed by atoms with Gasteiger partial charge in [-0.05, 0) is 43.3 Å². The minimum absolute atomic E-state index is 0.0843. The van der Waals surface area contributed by atoms with Crippen LogP contribution in [0.5, 0.6) is 5.75 Å². The number of ether oxygens (including phenoxy) is 1. The summed E-state index contributed by atoms with van der Waals surface area (Å²) >= 11 is 5.85. The molecule has 0 bridgehead atoms. The summed E-state index contributed by atoms with van der Waals surface area (Å²) in [5.74, 6) is 1.06. The lowest BCUT2D eigenvalue weighted by molar-refractivity contribution is -0.115. The highest BCUT2D eigenvalue weighted by atomic mass is 35.5. The second-order valence-electron chi connectivity index (χ2n) is 5.48. The molecule has 1 amide bonds. The van der Waals surface area contributed by atoms with Gasteiger partial charge < -0.3 is 20.7 Å². The molecule has 138 valence electrons. The maximum absolute atomic E-state index is 11.9. The van der Waals surface area contributed by atoms with Crippen molar-refractivity contribution < 1.29 is 9.53 Å². The van der Waals surface area contributed by atoms with Gasteiger partial charge in [-0.1, -0.05) is 11.6 Å². The number of hydrogen-bond donors (Lipinski definition) is 3. The predicted molar refractivity (Wildman–Crippen MR) is 104 cm³/mol. The predicted octanol–water partition coefficient (Wildman–Crippen LogP) is 2.31. The number of pyridine rings is 1. The first-order chi connectivity index (χ1) is 12.6. The van der Waals surface area contributed by atoms with Crippen LogP contribution in [0.4, 0.5) is 5.69 Å². The highest BCUT2D eigenvalue weighted by molar-refractivity contribution is 6.30. The molecule has 1 unspecified atom stereocenters. The minimum atomic E-state index is -0.189. The van der Waals surface area contributed by atoms with Crippen molar-refractivity contribution in [1.82, 2.24) is 15.6 Å².